The lowest BCUT2D eigenvalue weighted by Crippen LogP contribution is -2.20. The van der Waals surface area contributed by atoms with E-state index in [1.807, 2.05) is 0 Å². The highest BCUT2D eigenvalue weighted by Gasteiger charge is 2.29. The number of hydrogen-bond donors (Lipinski definition) is 0. The van der Waals surface area contributed by atoms with Gasteiger partial charge in [-0.05, 0) is 24.3 Å². The van der Waals surface area contributed by atoms with Crippen molar-refractivity contribution in [3.63, 3.8) is 0 Å². The number of fused-ring (bicyclic) bond motifs is 1. The highest BCUT2D eigenvalue weighted by molar-refractivity contribution is 5.94. The standard InChI is InChI=1S/C12H8F3NO2/c13-12(14,15)7-18-11(17)9-3-4-10-8(6-9)2-1-5-16-10/h1-6H,7H2. The second-order valence-electron chi connectivity index (χ2n) is 3.60. The lowest BCUT2D eigenvalue weighted by Gasteiger charge is -2.08. The molecule has 0 atom stereocenters. The molecule has 0 unspecified atom stereocenters. The minimum absolute atomic E-state index is 0.0692. The van der Waals surface area contributed by atoms with Crippen LogP contribution in [0.4, 0.5) is 13.2 Å². The van der Waals surface area contributed by atoms with Crippen molar-refractivity contribution in [2.24, 2.45) is 0 Å². The first kappa shape index (κ1) is 12.3. The summed E-state index contributed by atoms with van der Waals surface area (Å²) in [4.78, 5) is 15.4. The van der Waals surface area contributed by atoms with Crippen LogP contribution < -0.4 is 0 Å². The molecule has 0 saturated carbocycles. The van der Waals surface area contributed by atoms with Gasteiger partial charge >= 0.3 is 12.1 Å². The van der Waals surface area contributed by atoms with Crippen LogP contribution in [0.2, 0.25) is 0 Å². The molecule has 0 aliphatic heterocycles. The summed E-state index contributed by atoms with van der Waals surface area (Å²) in [6.45, 7) is -1.59. The topological polar surface area (TPSA) is 39.2 Å². The number of aromatic nitrogens is 1. The number of carbonyl (C=O) groups is 1. The Balaban J connectivity index is 2.18. The van der Waals surface area contributed by atoms with Gasteiger partial charge in [-0.15, -0.1) is 0 Å². The lowest BCUT2D eigenvalue weighted by molar-refractivity contribution is -0.161. The van der Waals surface area contributed by atoms with Gasteiger partial charge in [0.1, 0.15) is 0 Å². The van der Waals surface area contributed by atoms with E-state index in [0.717, 1.165) is 0 Å². The Morgan fingerprint density at radius 2 is 2.06 bits per heavy atom. The van der Waals surface area contributed by atoms with Crippen LogP contribution in [0.1, 0.15) is 10.4 Å². The molecule has 1 aromatic heterocycles. The van der Waals surface area contributed by atoms with Crippen LogP contribution in [0, 0.1) is 0 Å². The fraction of sp³-hybridized carbons (Fsp3) is 0.167. The third-order valence-corrected chi connectivity index (χ3v) is 2.21. The number of rotatable bonds is 2. The van der Waals surface area contributed by atoms with Crippen molar-refractivity contribution in [2.75, 3.05) is 6.61 Å². The monoisotopic (exact) mass is 255 g/mol. The molecule has 2 rings (SSSR count). The van der Waals surface area contributed by atoms with Gasteiger partial charge in [0.2, 0.25) is 0 Å². The highest BCUT2D eigenvalue weighted by Crippen LogP contribution is 2.17. The van der Waals surface area contributed by atoms with Crippen molar-refractivity contribution in [1.82, 2.24) is 4.98 Å². The highest BCUT2D eigenvalue weighted by atomic mass is 19.4. The number of pyridine rings is 1. The lowest BCUT2D eigenvalue weighted by atomic mass is 10.1. The van der Waals surface area contributed by atoms with E-state index in [0.29, 0.717) is 10.9 Å². The van der Waals surface area contributed by atoms with E-state index in [1.165, 1.54) is 12.1 Å². The molecule has 0 bridgehead atoms. The summed E-state index contributed by atoms with van der Waals surface area (Å²) < 4.78 is 39.8. The van der Waals surface area contributed by atoms with E-state index in [1.54, 1.807) is 24.4 Å². The maximum absolute atomic E-state index is 11.9. The van der Waals surface area contributed by atoms with Crippen molar-refractivity contribution < 1.29 is 22.7 Å². The van der Waals surface area contributed by atoms with Crippen molar-refractivity contribution in [2.45, 2.75) is 6.18 Å². The van der Waals surface area contributed by atoms with Gasteiger partial charge in [-0.2, -0.15) is 13.2 Å². The van der Waals surface area contributed by atoms with Gasteiger partial charge in [0.05, 0.1) is 11.1 Å². The first-order chi connectivity index (χ1) is 8.46. The van der Waals surface area contributed by atoms with Gasteiger partial charge in [-0.25, -0.2) is 4.79 Å². The molecule has 6 heteroatoms. The SMILES string of the molecule is O=C(OCC(F)(F)F)c1ccc2ncccc2c1. The zero-order chi connectivity index (χ0) is 13.2. The third-order valence-electron chi connectivity index (χ3n) is 2.21. The number of nitrogens with zero attached hydrogens (tertiary/aromatic N) is 1. The van der Waals surface area contributed by atoms with E-state index < -0.39 is 18.8 Å². The number of esters is 1. The Morgan fingerprint density at radius 3 is 2.78 bits per heavy atom. The Hall–Kier alpha value is -2.11. The summed E-state index contributed by atoms with van der Waals surface area (Å²) in [6, 6.07) is 7.77. The van der Waals surface area contributed by atoms with Gasteiger partial charge in [0, 0.05) is 11.6 Å². The number of hydrogen-bond acceptors (Lipinski definition) is 3. The summed E-state index contributed by atoms with van der Waals surface area (Å²) in [5.74, 6) is -1.00. The predicted octanol–water partition coefficient (Wildman–Crippen LogP) is 2.95. The fourth-order valence-electron chi connectivity index (χ4n) is 1.43. The summed E-state index contributed by atoms with van der Waals surface area (Å²) >= 11 is 0. The molecule has 94 valence electrons. The molecular formula is C12H8F3NO2. The largest absolute Gasteiger partial charge is 0.452 e. The molecule has 3 nitrogen and oxygen atoms in total. The number of benzene rings is 1. The molecule has 0 aliphatic carbocycles. The van der Waals surface area contributed by atoms with Crippen molar-refractivity contribution >= 4 is 16.9 Å². The quantitative estimate of drug-likeness (QED) is 0.774. The Kier molecular flexibility index (Phi) is 3.18. The molecule has 0 amide bonds. The maximum atomic E-state index is 11.9. The Morgan fingerprint density at radius 1 is 1.28 bits per heavy atom. The third kappa shape index (κ3) is 2.97. The van der Waals surface area contributed by atoms with Gasteiger partial charge in [0.15, 0.2) is 6.61 Å². The van der Waals surface area contributed by atoms with E-state index in [9.17, 15) is 18.0 Å². The minimum atomic E-state index is -4.52. The first-order valence-corrected chi connectivity index (χ1v) is 5.04. The van der Waals surface area contributed by atoms with Crippen molar-refractivity contribution in [3.05, 3.63) is 42.1 Å². The molecule has 0 spiro atoms. The molecule has 0 saturated heterocycles. The smallest absolute Gasteiger partial charge is 0.422 e. The van der Waals surface area contributed by atoms with Gasteiger partial charge in [0.25, 0.3) is 0 Å². The molecule has 1 heterocycles. The fourth-order valence-corrected chi connectivity index (χ4v) is 1.43. The van der Waals surface area contributed by atoms with E-state index in [-0.39, 0.29) is 5.56 Å². The average Bonchev–Trinajstić information content (AvgIpc) is 2.34. The normalized spacial score (nSPS) is 11.5. The van der Waals surface area contributed by atoms with Crippen LogP contribution in [-0.2, 0) is 4.74 Å². The molecule has 18 heavy (non-hydrogen) atoms. The van der Waals surface area contributed by atoms with Crippen LogP contribution in [-0.4, -0.2) is 23.7 Å². The summed E-state index contributed by atoms with van der Waals surface area (Å²) in [7, 11) is 0. The van der Waals surface area contributed by atoms with Crippen molar-refractivity contribution in [3.8, 4) is 0 Å². The number of halogens is 3. The number of alkyl halides is 3. The average molecular weight is 255 g/mol. The van der Waals surface area contributed by atoms with Crippen LogP contribution in [0.5, 0.6) is 0 Å². The minimum Gasteiger partial charge on any atom is -0.452 e. The van der Waals surface area contributed by atoms with E-state index >= 15 is 0 Å². The summed E-state index contributed by atoms with van der Waals surface area (Å²) in [5.41, 5.74) is 0.727. The van der Waals surface area contributed by atoms with Gasteiger partial charge in [-0.1, -0.05) is 6.07 Å². The zero-order valence-electron chi connectivity index (χ0n) is 9.07. The number of ether oxygens (including phenoxy) is 1. The van der Waals surface area contributed by atoms with E-state index in [4.69, 9.17) is 0 Å². The zero-order valence-corrected chi connectivity index (χ0v) is 9.07. The molecule has 0 radical (unpaired) electrons. The van der Waals surface area contributed by atoms with Gasteiger partial charge in [-0.3, -0.25) is 4.98 Å². The van der Waals surface area contributed by atoms with Crippen LogP contribution in [0.25, 0.3) is 10.9 Å². The predicted molar refractivity (Wildman–Crippen MR) is 58.1 cm³/mol. The molecule has 0 N–H and O–H groups in total. The maximum Gasteiger partial charge on any atom is 0.422 e. The first-order valence-electron chi connectivity index (χ1n) is 5.04. The number of carbonyl (C=O) groups excluding carboxylic acids is 1. The van der Waals surface area contributed by atoms with Gasteiger partial charge < -0.3 is 4.74 Å². The second-order valence-corrected chi connectivity index (χ2v) is 3.60. The van der Waals surface area contributed by atoms with E-state index in [2.05, 4.69) is 9.72 Å². The molecule has 1 aromatic carbocycles. The Labute approximate surface area is 100 Å². The molecule has 0 aliphatic rings. The Bertz CT molecular complexity index is 581. The molecule has 2 aromatic rings. The van der Waals surface area contributed by atoms with Crippen LogP contribution in [0.3, 0.4) is 0 Å². The molecule has 0 fully saturated rings. The summed E-state index contributed by atoms with van der Waals surface area (Å²) in [5, 5.41) is 0.666. The summed E-state index contributed by atoms with van der Waals surface area (Å²) in [6.07, 6.45) is -2.93. The van der Waals surface area contributed by atoms with Crippen LogP contribution in [0.15, 0.2) is 36.5 Å². The van der Waals surface area contributed by atoms with Crippen LogP contribution >= 0.6 is 0 Å². The molecular weight excluding hydrogens is 247 g/mol. The second kappa shape index (κ2) is 4.64. The van der Waals surface area contributed by atoms with Crippen molar-refractivity contribution in [1.29, 1.82) is 0 Å².